The molecule has 1 aromatic carbocycles. The highest BCUT2D eigenvalue weighted by Gasteiger charge is 2.31. The molecule has 0 unspecified atom stereocenters. The molecule has 2 aromatic rings. The van der Waals surface area contributed by atoms with Crippen LogP contribution in [0.25, 0.3) is 5.69 Å². The van der Waals surface area contributed by atoms with Gasteiger partial charge in [-0.15, -0.1) is 5.10 Å². The van der Waals surface area contributed by atoms with Crippen LogP contribution in [0.5, 0.6) is 0 Å². The minimum Gasteiger partial charge on any atom is -0.481 e. The second kappa shape index (κ2) is 4.40. The Kier molecular flexibility index (Phi) is 2.81. The molecule has 0 atom stereocenters. The molecule has 1 N–H and O–H groups in total. The second-order valence-corrected chi connectivity index (χ2v) is 5.70. The first kappa shape index (κ1) is 12.8. The maximum absolute atomic E-state index is 11.2. The number of rotatable bonds is 4. The van der Waals surface area contributed by atoms with Crippen LogP contribution in [-0.2, 0) is 10.2 Å². The van der Waals surface area contributed by atoms with E-state index in [2.05, 4.69) is 15.5 Å². The Morgan fingerprint density at radius 2 is 1.95 bits per heavy atom. The van der Waals surface area contributed by atoms with Crippen molar-refractivity contribution in [2.75, 3.05) is 0 Å². The number of carboxylic acids is 1. The predicted molar refractivity (Wildman–Crippen MR) is 71.8 cm³/mol. The van der Waals surface area contributed by atoms with E-state index in [0.717, 1.165) is 29.9 Å². The van der Waals surface area contributed by atoms with Crippen LogP contribution in [0.1, 0.15) is 44.0 Å². The van der Waals surface area contributed by atoms with Gasteiger partial charge >= 0.3 is 5.97 Å². The molecule has 1 aliphatic rings. The summed E-state index contributed by atoms with van der Waals surface area (Å²) in [5.74, 6) is 0.502. The molecule has 0 radical (unpaired) electrons. The first-order valence-corrected chi connectivity index (χ1v) is 6.63. The van der Waals surface area contributed by atoms with Gasteiger partial charge < -0.3 is 5.11 Å². The van der Waals surface area contributed by atoms with Gasteiger partial charge in [0.25, 0.3) is 0 Å². The maximum atomic E-state index is 11.2. The third kappa shape index (κ3) is 2.07. The van der Waals surface area contributed by atoms with Crippen molar-refractivity contribution < 1.29 is 9.90 Å². The summed E-state index contributed by atoms with van der Waals surface area (Å²) < 4.78 is 1.73. The molecule has 6 heteroatoms. The highest BCUT2D eigenvalue weighted by molar-refractivity contribution is 5.80. The largest absolute Gasteiger partial charge is 0.481 e. The number of hydrogen-bond donors (Lipinski definition) is 1. The summed E-state index contributed by atoms with van der Waals surface area (Å²) in [4.78, 5) is 11.2. The Morgan fingerprint density at radius 1 is 1.30 bits per heavy atom. The quantitative estimate of drug-likeness (QED) is 0.919. The highest BCUT2D eigenvalue weighted by atomic mass is 16.4. The minimum absolute atomic E-state index is 0.458. The van der Waals surface area contributed by atoms with E-state index in [1.807, 2.05) is 24.3 Å². The SMILES string of the molecule is CC(C)(C(=O)O)c1ccc(-n2nnnc2C2CC2)cc1. The van der Waals surface area contributed by atoms with Crippen molar-refractivity contribution in [1.82, 2.24) is 20.2 Å². The average molecular weight is 272 g/mol. The summed E-state index contributed by atoms with van der Waals surface area (Å²) in [6.45, 7) is 3.38. The maximum Gasteiger partial charge on any atom is 0.313 e. The molecule has 6 nitrogen and oxygen atoms in total. The lowest BCUT2D eigenvalue weighted by atomic mass is 9.85. The highest BCUT2D eigenvalue weighted by Crippen LogP contribution is 2.39. The van der Waals surface area contributed by atoms with Crippen molar-refractivity contribution in [3.63, 3.8) is 0 Å². The summed E-state index contributed by atoms with van der Waals surface area (Å²) in [5.41, 5.74) is 0.718. The Balaban J connectivity index is 1.93. The van der Waals surface area contributed by atoms with Crippen molar-refractivity contribution in [3.05, 3.63) is 35.7 Å². The van der Waals surface area contributed by atoms with E-state index in [9.17, 15) is 9.90 Å². The van der Waals surface area contributed by atoms with Crippen LogP contribution in [-0.4, -0.2) is 31.3 Å². The Hall–Kier alpha value is -2.24. The molecular formula is C14H16N4O2. The lowest BCUT2D eigenvalue weighted by Crippen LogP contribution is -2.28. The van der Waals surface area contributed by atoms with E-state index >= 15 is 0 Å². The van der Waals surface area contributed by atoms with Gasteiger partial charge in [-0.2, -0.15) is 4.68 Å². The minimum atomic E-state index is -0.904. The summed E-state index contributed by atoms with van der Waals surface area (Å²) in [7, 11) is 0. The summed E-state index contributed by atoms with van der Waals surface area (Å²) in [6.07, 6.45) is 2.26. The van der Waals surface area contributed by atoms with Crippen LogP contribution >= 0.6 is 0 Å². The molecule has 1 saturated carbocycles. The van der Waals surface area contributed by atoms with Gasteiger partial charge in [0, 0.05) is 5.92 Å². The van der Waals surface area contributed by atoms with E-state index in [-0.39, 0.29) is 0 Å². The lowest BCUT2D eigenvalue weighted by molar-refractivity contribution is -0.142. The van der Waals surface area contributed by atoms with E-state index in [1.165, 1.54) is 0 Å². The van der Waals surface area contributed by atoms with Crippen molar-refractivity contribution in [1.29, 1.82) is 0 Å². The van der Waals surface area contributed by atoms with Gasteiger partial charge in [-0.05, 0) is 54.8 Å². The normalized spacial score (nSPS) is 15.3. The molecule has 1 fully saturated rings. The number of carbonyl (C=O) groups is 1. The Morgan fingerprint density at radius 3 is 2.50 bits per heavy atom. The third-order valence-corrected chi connectivity index (χ3v) is 3.80. The summed E-state index contributed by atoms with van der Waals surface area (Å²) in [6, 6.07) is 7.37. The van der Waals surface area contributed by atoms with Crippen LogP contribution in [0.3, 0.4) is 0 Å². The zero-order chi connectivity index (χ0) is 14.3. The van der Waals surface area contributed by atoms with E-state index in [0.29, 0.717) is 5.92 Å². The molecule has 1 heterocycles. The van der Waals surface area contributed by atoms with E-state index < -0.39 is 11.4 Å². The summed E-state index contributed by atoms with van der Waals surface area (Å²) >= 11 is 0. The van der Waals surface area contributed by atoms with Gasteiger partial charge in [0.1, 0.15) is 0 Å². The molecule has 0 bridgehead atoms. The van der Waals surface area contributed by atoms with Gasteiger partial charge in [0.05, 0.1) is 11.1 Å². The monoisotopic (exact) mass is 272 g/mol. The fourth-order valence-corrected chi connectivity index (χ4v) is 2.12. The fraction of sp³-hybridized carbons (Fsp3) is 0.429. The number of carboxylic acid groups (broad SMARTS) is 1. The van der Waals surface area contributed by atoms with Crippen LogP contribution in [0.15, 0.2) is 24.3 Å². The first-order valence-electron chi connectivity index (χ1n) is 6.63. The molecule has 20 heavy (non-hydrogen) atoms. The van der Waals surface area contributed by atoms with Gasteiger partial charge in [-0.1, -0.05) is 12.1 Å². The predicted octanol–water partition coefficient (Wildman–Crippen LogP) is 1.90. The number of tetrazole rings is 1. The van der Waals surface area contributed by atoms with Crippen molar-refractivity contribution >= 4 is 5.97 Å². The van der Waals surface area contributed by atoms with Crippen molar-refractivity contribution in [2.45, 2.75) is 38.0 Å². The van der Waals surface area contributed by atoms with E-state index in [1.54, 1.807) is 18.5 Å². The Bertz CT molecular complexity index is 641. The Labute approximate surface area is 116 Å². The number of aliphatic carboxylic acids is 1. The number of nitrogens with zero attached hydrogens (tertiary/aromatic N) is 4. The molecule has 0 aliphatic heterocycles. The van der Waals surface area contributed by atoms with Crippen LogP contribution in [0.2, 0.25) is 0 Å². The standard InChI is InChI=1S/C14H16N4O2/c1-14(2,13(19)20)10-5-7-11(8-6-10)18-12(9-3-4-9)15-16-17-18/h5-9H,3-4H2,1-2H3,(H,19,20). The first-order chi connectivity index (χ1) is 9.50. The molecule has 0 amide bonds. The third-order valence-electron chi connectivity index (χ3n) is 3.80. The zero-order valence-electron chi connectivity index (χ0n) is 11.4. The van der Waals surface area contributed by atoms with E-state index in [4.69, 9.17) is 0 Å². The smallest absolute Gasteiger partial charge is 0.313 e. The average Bonchev–Trinajstić information content (AvgIpc) is 3.16. The van der Waals surface area contributed by atoms with Gasteiger partial charge in [0.2, 0.25) is 0 Å². The van der Waals surface area contributed by atoms with Gasteiger partial charge in [0.15, 0.2) is 5.82 Å². The molecule has 3 rings (SSSR count). The molecule has 104 valence electrons. The second-order valence-electron chi connectivity index (χ2n) is 5.70. The molecule has 1 aliphatic carbocycles. The lowest BCUT2D eigenvalue weighted by Gasteiger charge is -2.19. The summed E-state index contributed by atoms with van der Waals surface area (Å²) in [5, 5.41) is 21.0. The van der Waals surface area contributed by atoms with Crippen molar-refractivity contribution in [2.24, 2.45) is 0 Å². The van der Waals surface area contributed by atoms with Crippen LogP contribution in [0, 0.1) is 0 Å². The number of hydrogen-bond acceptors (Lipinski definition) is 4. The number of benzene rings is 1. The molecule has 0 spiro atoms. The van der Waals surface area contributed by atoms with Crippen molar-refractivity contribution in [3.8, 4) is 5.69 Å². The zero-order valence-corrected chi connectivity index (χ0v) is 11.4. The topological polar surface area (TPSA) is 80.9 Å². The molecular weight excluding hydrogens is 256 g/mol. The van der Waals surface area contributed by atoms with Crippen LogP contribution < -0.4 is 0 Å². The van der Waals surface area contributed by atoms with Gasteiger partial charge in [-0.3, -0.25) is 4.79 Å². The molecule has 0 saturated heterocycles. The van der Waals surface area contributed by atoms with Crippen LogP contribution in [0.4, 0.5) is 0 Å². The van der Waals surface area contributed by atoms with Gasteiger partial charge in [-0.25, -0.2) is 0 Å². The fourth-order valence-electron chi connectivity index (χ4n) is 2.12. The number of aromatic nitrogens is 4. The molecule has 1 aromatic heterocycles.